The molecular formula is C7H7N3O. The van der Waals surface area contributed by atoms with E-state index in [-0.39, 0.29) is 5.91 Å². The predicted octanol–water partition coefficient (Wildman–Crippen LogP) is 0.361. The highest BCUT2D eigenvalue weighted by molar-refractivity contribution is 5.92. The van der Waals surface area contributed by atoms with Crippen LogP contribution >= 0.6 is 0 Å². The van der Waals surface area contributed by atoms with Crippen molar-refractivity contribution in [3.63, 3.8) is 0 Å². The summed E-state index contributed by atoms with van der Waals surface area (Å²) in [6.45, 7) is 0. The minimum atomic E-state index is 0.0381. The number of nitrogens with zero attached hydrogens (tertiary/aromatic N) is 2. The lowest BCUT2D eigenvalue weighted by atomic mass is 10.1. The van der Waals surface area contributed by atoms with Crippen LogP contribution in [0.5, 0.6) is 0 Å². The first-order valence-corrected chi connectivity index (χ1v) is 3.45. The highest BCUT2D eigenvalue weighted by Gasteiger charge is 2.14. The van der Waals surface area contributed by atoms with Gasteiger partial charge in [0.25, 0.3) is 0 Å². The molecule has 1 aromatic heterocycles. The molecule has 56 valence electrons. The number of aromatic nitrogens is 2. The van der Waals surface area contributed by atoms with E-state index in [0.717, 1.165) is 12.0 Å². The Morgan fingerprint density at radius 1 is 1.45 bits per heavy atom. The maximum absolute atomic E-state index is 10.9. The topological polar surface area (TPSA) is 54.9 Å². The number of carbonyl (C=O) groups is 1. The minimum absolute atomic E-state index is 0.0381. The maximum atomic E-state index is 10.9. The summed E-state index contributed by atoms with van der Waals surface area (Å²) in [5.74, 6) is 0.701. The van der Waals surface area contributed by atoms with E-state index in [0.29, 0.717) is 12.2 Å². The molecule has 1 N–H and O–H groups in total. The zero-order chi connectivity index (χ0) is 7.68. The van der Waals surface area contributed by atoms with Crippen molar-refractivity contribution in [1.29, 1.82) is 0 Å². The lowest BCUT2D eigenvalue weighted by Crippen LogP contribution is -2.20. The normalized spacial score (nSPS) is 15.5. The summed E-state index contributed by atoms with van der Waals surface area (Å²) in [5.41, 5.74) is 1.02. The molecule has 1 aromatic rings. The van der Waals surface area contributed by atoms with Crippen molar-refractivity contribution in [3.05, 3.63) is 18.1 Å². The van der Waals surface area contributed by atoms with E-state index in [2.05, 4.69) is 15.3 Å². The molecule has 0 aromatic carbocycles. The van der Waals surface area contributed by atoms with Crippen molar-refractivity contribution < 1.29 is 4.79 Å². The van der Waals surface area contributed by atoms with Gasteiger partial charge in [-0.3, -0.25) is 4.79 Å². The monoisotopic (exact) mass is 149 g/mol. The Balaban J connectivity index is 2.41. The van der Waals surface area contributed by atoms with Crippen LogP contribution in [-0.4, -0.2) is 15.9 Å². The molecule has 11 heavy (non-hydrogen) atoms. The maximum Gasteiger partial charge on any atom is 0.225 e. The summed E-state index contributed by atoms with van der Waals surface area (Å²) in [4.78, 5) is 18.6. The number of amides is 1. The number of rotatable bonds is 0. The minimum Gasteiger partial charge on any atom is -0.310 e. The van der Waals surface area contributed by atoms with Crippen molar-refractivity contribution in [2.45, 2.75) is 12.8 Å². The Bertz CT molecular complexity index is 297. The van der Waals surface area contributed by atoms with E-state index >= 15 is 0 Å². The van der Waals surface area contributed by atoms with Gasteiger partial charge in [0.2, 0.25) is 5.91 Å². The first-order valence-electron chi connectivity index (χ1n) is 3.45. The fourth-order valence-electron chi connectivity index (χ4n) is 1.10. The van der Waals surface area contributed by atoms with E-state index in [1.807, 2.05) is 0 Å². The third kappa shape index (κ3) is 1.07. The van der Waals surface area contributed by atoms with E-state index in [4.69, 9.17) is 0 Å². The van der Waals surface area contributed by atoms with Crippen LogP contribution in [0.15, 0.2) is 12.5 Å². The smallest absolute Gasteiger partial charge is 0.225 e. The van der Waals surface area contributed by atoms with Gasteiger partial charge in [-0.05, 0) is 6.42 Å². The van der Waals surface area contributed by atoms with Crippen molar-refractivity contribution >= 4 is 11.7 Å². The van der Waals surface area contributed by atoms with Gasteiger partial charge in [0.05, 0.1) is 0 Å². The number of anilines is 1. The molecule has 4 heteroatoms. The van der Waals surface area contributed by atoms with Crippen molar-refractivity contribution in [1.82, 2.24) is 9.97 Å². The third-order valence-corrected chi connectivity index (χ3v) is 1.67. The van der Waals surface area contributed by atoms with Crippen molar-refractivity contribution in [3.8, 4) is 0 Å². The Morgan fingerprint density at radius 3 is 3.27 bits per heavy atom. The lowest BCUT2D eigenvalue weighted by Gasteiger charge is -2.13. The molecule has 1 aliphatic heterocycles. The number of aryl methyl sites for hydroxylation is 1. The Hall–Kier alpha value is -1.45. The Morgan fingerprint density at radius 2 is 2.36 bits per heavy atom. The molecule has 0 saturated heterocycles. The predicted molar refractivity (Wildman–Crippen MR) is 39.0 cm³/mol. The quantitative estimate of drug-likeness (QED) is 0.579. The SMILES string of the molecule is O=C1CCc2cncnc2N1. The fraction of sp³-hybridized carbons (Fsp3) is 0.286. The van der Waals surface area contributed by atoms with Gasteiger partial charge in [-0.2, -0.15) is 0 Å². The zero-order valence-corrected chi connectivity index (χ0v) is 5.87. The molecule has 0 fully saturated rings. The molecule has 1 aliphatic rings. The van der Waals surface area contributed by atoms with Crippen molar-refractivity contribution in [2.75, 3.05) is 5.32 Å². The molecule has 0 spiro atoms. The number of carbonyl (C=O) groups excluding carboxylic acids is 1. The average Bonchev–Trinajstić information content (AvgIpc) is 2.04. The molecule has 0 atom stereocenters. The first-order chi connectivity index (χ1) is 5.36. The molecule has 4 nitrogen and oxygen atoms in total. The second-order valence-corrected chi connectivity index (χ2v) is 2.44. The summed E-state index contributed by atoms with van der Waals surface area (Å²) in [5, 5.41) is 2.67. The standard InChI is InChI=1S/C7H7N3O/c11-6-2-1-5-3-8-4-9-7(5)10-6/h3-4H,1-2H2,(H,8,9,10,11). The second-order valence-electron chi connectivity index (χ2n) is 2.44. The second kappa shape index (κ2) is 2.30. The summed E-state index contributed by atoms with van der Waals surface area (Å²) >= 11 is 0. The third-order valence-electron chi connectivity index (χ3n) is 1.67. The molecule has 2 rings (SSSR count). The summed E-state index contributed by atoms with van der Waals surface area (Å²) in [6, 6.07) is 0. The van der Waals surface area contributed by atoms with Gasteiger partial charge in [-0.15, -0.1) is 0 Å². The molecule has 0 bridgehead atoms. The van der Waals surface area contributed by atoms with Crippen LogP contribution in [0.4, 0.5) is 5.82 Å². The molecule has 0 saturated carbocycles. The van der Waals surface area contributed by atoms with Crippen LogP contribution in [0.2, 0.25) is 0 Å². The van der Waals surface area contributed by atoms with Gasteiger partial charge in [-0.25, -0.2) is 9.97 Å². The number of hydrogen-bond acceptors (Lipinski definition) is 3. The molecule has 0 radical (unpaired) electrons. The van der Waals surface area contributed by atoms with Crippen LogP contribution in [0.25, 0.3) is 0 Å². The lowest BCUT2D eigenvalue weighted by molar-refractivity contribution is -0.116. The van der Waals surface area contributed by atoms with E-state index in [1.165, 1.54) is 6.33 Å². The fourth-order valence-corrected chi connectivity index (χ4v) is 1.10. The molecule has 2 heterocycles. The van der Waals surface area contributed by atoms with Gasteiger partial charge >= 0.3 is 0 Å². The Labute approximate surface area is 63.7 Å². The van der Waals surface area contributed by atoms with Gasteiger partial charge in [0.1, 0.15) is 12.1 Å². The highest BCUT2D eigenvalue weighted by Crippen LogP contribution is 2.16. The largest absolute Gasteiger partial charge is 0.310 e. The van der Waals surface area contributed by atoms with E-state index in [9.17, 15) is 4.79 Å². The molecule has 0 unspecified atom stereocenters. The van der Waals surface area contributed by atoms with Crippen molar-refractivity contribution in [2.24, 2.45) is 0 Å². The highest BCUT2D eigenvalue weighted by atomic mass is 16.1. The Kier molecular flexibility index (Phi) is 1.31. The molecular weight excluding hydrogens is 142 g/mol. The number of hydrogen-bond donors (Lipinski definition) is 1. The number of fused-ring (bicyclic) bond motifs is 1. The number of nitrogens with one attached hydrogen (secondary N) is 1. The molecule has 0 aliphatic carbocycles. The summed E-state index contributed by atoms with van der Waals surface area (Å²) < 4.78 is 0. The van der Waals surface area contributed by atoms with Crippen LogP contribution < -0.4 is 5.32 Å². The van der Waals surface area contributed by atoms with Crippen LogP contribution in [0, 0.1) is 0 Å². The van der Waals surface area contributed by atoms with Crippen LogP contribution in [-0.2, 0) is 11.2 Å². The summed E-state index contributed by atoms with van der Waals surface area (Å²) in [7, 11) is 0. The van der Waals surface area contributed by atoms with Gasteiger partial charge in [0.15, 0.2) is 0 Å². The van der Waals surface area contributed by atoms with Crippen LogP contribution in [0.3, 0.4) is 0 Å². The summed E-state index contributed by atoms with van der Waals surface area (Å²) in [6.07, 6.45) is 4.47. The van der Waals surface area contributed by atoms with Crippen LogP contribution in [0.1, 0.15) is 12.0 Å². The average molecular weight is 149 g/mol. The van der Waals surface area contributed by atoms with Gasteiger partial charge in [-0.1, -0.05) is 0 Å². The van der Waals surface area contributed by atoms with Gasteiger partial charge in [0, 0.05) is 18.2 Å². The van der Waals surface area contributed by atoms with Gasteiger partial charge < -0.3 is 5.32 Å². The van der Waals surface area contributed by atoms with E-state index < -0.39 is 0 Å². The first kappa shape index (κ1) is 6.27. The van der Waals surface area contributed by atoms with E-state index in [1.54, 1.807) is 6.20 Å². The zero-order valence-electron chi connectivity index (χ0n) is 5.87. The molecule has 1 amide bonds.